The Morgan fingerprint density at radius 3 is 2.76 bits per heavy atom. The molecule has 4 atom stereocenters. The Balaban J connectivity index is 1.98. The third-order valence-corrected chi connectivity index (χ3v) is 4.16. The smallest absolute Gasteiger partial charge is 0.252 e. The van der Waals surface area contributed by atoms with E-state index in [0.29, 0.717) is 25.6 Å². The second-order valence-electron chi connectivity index (χ2n) is 5.02. The number of carbonyl (C=O) groups excluding carboxylic acids is 1. The van der Waals surface area contributed by atoms with Gasteiger partial charge in [0.05, 0.1) is 12.2 Å². The van der Waals surface area contributed by atoms with Gasteiger partial charge in [-0.05, 0) is 19.3 Å². The summed E-state index contributed by atoms with van der Waals surface area (Å²) in [6.07, 6.45) is 0.945. The molecular formula is C12H20BrNO3. The number of carbonyl (C=O) groups is 1. The summed E-state index contributed by atoms with van der Waals surface area (Å²) in [5, 5.41) is 0.766. The first-order valence-corrected chi connectivity index (χ1v) is 7.35. The molecule has 17 heavy (non-hydrogen) atoms. The Morgan fingerprint density at radius 2 is 2.18 bits per heavy atom. The van der Waals surface area contributed by atoms with Gasteiger partial charge in [0.1, 0.15) is 6.10 Å². The maximum Gasteiger partial charge on any atom is 0.252 e. The van der Waals surface area contributed by atoms with Crippen LogP contribution >= 0.6 is 15.9 Å². The van der Waals surface area contributed by atoms with Crippen LogP contribution in [0.5, 0.6) is 0 Å². The van der Waals surface area contributed by atoms with Crippen molar-refractivity contribution in [2.75, 3.05) is 25.0 Å². The first-order valence-electron chi connectivity index (χ1n) is 6.23. The molecule has 4 unspecified atom stereocenters. The summed E-state index contributed by atoms with van der Waals surface area (Å²) in [5.74, 6) is 0.471. The van der Waals surface area contributed by atoms with Gasteiger partial charge in [-0.3, -0.25) is 4.79 Å². The lowest BCUT2D eigenvalue weighted by Gasteiger charge is -2.37. The van der Waals surface area contributed by atoms with E-state index >= 15 is 0 Å². The molecule has 0 aliphatic carbocycles. The topological polar surface area (TPSA) is 38.8 Å². The first kappa shape index (κ1) is 13.3. The van der Waals surface area contributed by atoms with Crippen LogP contribution in [-0.4, -0.2) is 54.1 Å². The number of hydrogen-bond acceptors (Lipinski definition) is 3. The van der Waals surface area contributed by atoms with Crippen LogP contribution < -0.4 is 0 Å². The monoisotopic (exact) mass is 305 g/mol. The second kappa shape index (κ2) is 5.67. The zero-order chi connectivity index (χ0) is 12.4. The van der Waals surface area contributed by atoms with Gasteiger partial charge in [0.2, 0.25) is 0 Å². The maximum absolute atomic E-state index is 12.3. The molecule has 2 rings (SSSR count). The summed E-state index contributed by atoms with van der Waals surface area (Å²) in [4.78, 5) is 14.2. The molecule has 0 spiro atoms. The number of nitrogens with zero attached hydrogens (tertiary/aromatic N) is 1. The number of alkyl halides is 1. The quantitative estimate of drug-likeness (QED) is 0.724. The third kappa shape index (κ3) is 3.01. The van der Waals surface area contributed by atoms with E-state index in [9.17, 15) is 4.79 Å². The van der Waals surface area contributed by atoms with Gasteiger partial charge in [0.25, 0.3) is 5.91 Å². The normalized spacial score (nSPS) is 38.4. The molecule has 5 heteroatoms. The molecule has 0 aromatic rings. The van der Waals surface area contributed by atoms with Gasteiger partial charge in [0, 0.05) is 25.0 Å². The molecule has 2 heterocycles. The summed E-state index contributed by atoms with van der Waals surface area (Å²) in [6.45, 7) is 6.14. The molecule has 4 nitrogen and oxygen atoms in total. The fraction of sp³-hybridized carbons (Fsp3) is 0.917. The average molecular weight is 306 g/mol. The van der Waals surface area contributed by atoms with Crippen molar-refractivity contribution in [3.05, 3.63) is 0 Å². The van der Waals surface area contributed by atoms with E-state index in [1.165, 1.54) is 0 Å². The summed E-state index contributed by atoms with van der Waals surface area (Å²) < 4.78 is 11.3. The molecule has 0 N–H and O–H groups in total. The van der Waals surface area contributed by atoms with Crippen molar-refractivity contribution in [2.45, 2.75) is 38.6 Å². The Labute approximate surface area is 111 Å². The van der Waals surface area contributed by atoms with Crippen LogP contribution in [0.1, 0.15) is 20.3 Å². The lowest BCUT2D eigenvalue weighted by molar-refractivity contribution is -0.153. The number of ether oxygens (including phenoxy) is 2. The van der Waals surface area contributed by atoms with Crippen LogP contribution in [0.4, 0.5) is 0 Å². The van der Waals surface area contributed by atoms with Crippen molar-refractivity contribution in [3.63, 3.8) is 0 Å². The summed E-state index contributed by atoms with van der Waals surface area (Å²) >= 11 is 3.42. The van der Waals surface area contributed by atoms with Crippen LogP contribution in [0.2, 0.25) is 0 Å². The van der Waals surface area contributed by atoms with Crippen LogP contribution in [0, 0.1) is 5.92 Å². The van der Waals surface area contributed by atoms with E-state index in [1.807, 2.05) is 11.8 Å². The minimum atomic E-state index is -0.240. The molecule has 0 aromatic heterocycles. The number of hydrogen-bond donors (Lipinski definition) is 0. The molecule has 2 saturated heterocycles. The largest absolute Gasteiger partial charge is 0.371 e. The molecule has 2 aliphatic rings. The van der Waals surface area contributed by atoms with Crippen molar-refractivity contribution >= 4 is 21.8 Å². The summed E-state index contributed by atoms with van der Waals surface area (Å²) in [7, 11) is 0. The van der Waals surface area contributed by atoms with E-state index in [0.717, 1.165) is 11.8 Å². The van der Waals surface area contributed by atoms with Crippen LogP contribution in [0.25, 0.3) is 0 Å². The lowest BCUT2D eigenvalue weighted by Crippen LogP contribution is -2.53. The van der Waals surface area contributed by atoms with Gasteiger partial charge in [-0.2, -0.15) is 0 Å². The Hall–Kier alpha value is -0.130. The molecule has 98 valence electrons. The number of rotatable bonds is 2. The fourth-order valence-corrected chi connectivity index (χ4v) is 2.86. The van der Waals surface area contributed by atoms with Crippen molar-refractivity contribution < 1.29 is 14.3 Å². The highest BCUT2D eigenvalue weighted by molar-refractivity contribution is 9.09. The first-order chi connectivity index (χ1) is 8.11. The highest BCUT2D eigenvalue weighted by Gasteiger charge is 2.37. The van der Waals surface area contributed by atoms with Gasteiger partial charge >= 0.3 is 0 Å². The zero-order valence-corrected chi connectivity index (χ0v) is 12.0. The molecule has 0 radical (unpaired) electrons. The van der Waals surface area contributed by atoms with E-state index in [4.69, 9.17) is 9.47 Å². The minimum absolute atomic E-state index is 0.0967. The highest BCUT2D eigenvalue weighted by Crippen LogP contribution is 2.23. The van der Waals surface area contributed by atoms with E-state index < -0.39 is 0 Å². The van der Waals surface area contributed by atoms with Gasteiger partial charge < -0.3 is 14.4 Å². The standard InChI is InChI=1S/C12H20BrNO3/c1-8-3-4-16-11(8)12(15)14-6-9(2)17-10(5-13)7-14/h8-11H,3-7H2,1-2H3. The van der Waals surface area contributed by atoms with Gasteiger partial charge in [0.15, 0.2) is 0 Å². The highest BCUT2D eigenvalue weighted by atomic mass is 79.9. The fourth-order valence-electron chi connectivity index (χ4n) is 2.50. The lowest BCUT2D eigenvalue weighted by atomic mass is 10.0. The maximum atomic E-state index is 12.3. The molecule has 1 amide bonds. The predicted octanol–water partition coefficient (Wildman–Crippen LogP) is 1.42. The SMILES string of the molecule is CC1CN(C(=O)C2OCCC2C)CC(CBr)O1. The molecule has 0 saturated carbocycles. The molecular weight excluding hydrogens is 286 g/mol. The van der Waals surface area contributed by atoms with Crippen LogP contribution in [0.15, 0.2) is 0 Å². The minimum Gasteiger partial charge on any atom is -0.371 e. The van der Waals surface area contributed by atoms with Crippen molar-refractivity contribution in [1.82, 2.24) is 4.90 Å². The average Bonchev–Trinajstić information content (AvgIpc) is 2.73. The van der Waals surface area contributed by atoms with E-state index in [-0.39, 0.29) is 24.2 Å². The molecule has 0 bridgehead atoms. The zero-order valence-electron chi connectivity index (χ0n) is 10.4. The Bertz CT molecular complexity index is 287. The second-order valence-corrected chi connectivity index (χ2v) is 5.67. The van der Waals surface area contributed by atoms with Gasteiger partial charge in [-0.25, -0.2) is 0 Å². The Morgan fingerprint density at radius 1 is 1.41 bits per heavy atom. The van der Waals surface area contributed by atoms with Crippen LogP contribution in [-0.2, 0) is 14.3 Å². The van der Waals surface area contributed by atoms with Crippen molar-refractivity contribution in [3.8, 4) is 0 Å². The Kier molecular flexibility index (Phi) is 4.44. The van der Waals surface area contributed by atoms with Gasteiger partial charge in [-0.1, -0.05) is 22.9 Å². The van der Waals surface area contributed by atoms with Crippen molar-refractivity contribution in [2.24, 2.45) is 5.92 Å². The van der Waals surface area contributed by atoms with Crippen molar-refractivity contribution in [1.29, 1.82) is 0 Å². The molecule has 2 aliphatic heterocycles. The third-order valence-electron chi connectivity index (χ3n) is 3.44. The molecule has 0 aromatic carbocycles. The van der Waals surface area contributed by atoms with Crippen LogP contribution in [0.3, 0.4) is 0 Å². The van der Waals surface area contributed by atoms with E-state index in [1.54, 1.807) is 0 Å². The summed E-state index contributed by atoms with van der Waals surface area (Å²) in [6, 6.07) is 0. The summed E-state index contributed by atoms with van der Waals surface area (Å²) in [5.41, 5.74) is 0. The van der Waals surface area contributed by atoms with Gasteiger partial charge in [-0.15, -0.1) is 0 Å². The molecule has 2 fully saturated rings. The number of amides is 1. The number of halogens is 1. The number of morpholine rings is 1. The predicted molar refractivity (Wildman–Crippen MR) is 68.2 cm³/mol. The van der Waals surface area contributed by atoms with E-state index in [2.05, 4.69) is 22.9 Å².